The van der Waals surface area contributed by atoms with Gasteiger partial charge in [0.15, 0.2) is 0 Å². The van der Waals surface area contributed by atoms with E-state index in [1.54, 1.807) is 54.6 Å². The number of carbonyl (C=O) groups excluding carboxylic acids is 2. The molecule has 0 aromatic heterocycles. The van der Waals surface area contributed by atoms with Crippen molar-refractivity contribution in [3.05, 3.63) is 129 Å². The second kappa shape index (κ2) is 16.2. The molecular weight excluding hydrogens is 689 g/mol. The number of hydrogen-bond acceptors (Lipinski definition) is 4. The van der Waals surface area contributed by atoms with Crippen LogP contribution in [0.1, 0.15) is 48.8 Å². The number of carbonyl (C=O) groups is 2. The van der Waals surface area contributed by atoms with E-state index in [0.29, 0.717) is 15.6 Å². The highest BCUT2D eigenvalue weighted by Crippen LogP contribution is 2.31. The fraction of sp³-hybridized carbons (Fsp3) is 0.297. The van der Waals surface area contributed by atoms with Crippen molar-refractivity contribution in [2.45, 2.75) is 69.0 Å². The summed E-state index contributed by atoms with van der Waals surface area (Å²) in [6.07, 6.45) is 5.09. The van der Waals surface area contributed by atoms with Gasteiger partial charge in [0.25, 0.3) is 10.0 Å². The Morgan fingerprint density at radius 3 is 2.12 bits per heavy atom. The van der Waals surface area contributed by atoms with E-state index in [4.69, 9.17) is 34.8 Å². The second-order valence-electron chi connectivity index (χ2n) is 12.1. The van der Waals surface area contributed by atoms with Crippen molar-refractivity contribution >= 4 is 62.3 Å². The van der Waals surface area contributed by atoms with Crippen molar-refractivity contribution in [2.75, 3.05) is 10.8 Å². The summed E-state index contributed by atoms with van der Waals surface area (Å²) in [5, 5.41) is 4.01. The van der Waals surface area contributed by atoms with E-state index in [0.717, 1.165) is 47.5 Å². The van der Waals surface area contributed by atoms with Crippen LogP contribution in [0.5, 0.6) is 0 Å². The minimum atomic E-state index is -4.27. The van der Waals surface area contributed by atoms with Gasteiger partial charge >= 0.3 is 0 Å². The quantitative estimate of drug-likeness (QED) is 0.159. The molecule has 0 bridgehead atoms. The fourth-order valence-corrected chi connectivity index (χ4v) is 7.98. The van der Waals surface area contributed by atoms with Crippen molar-refractivity contribution < 1.29 is 18.0 Å². The third kappa shape index (κ3) is 8.91. The summed E-state index contributed by atoms with van der Waals surface area (Å²) in [5.41, 5.74) is 2.51. The van der Waals surface area contributed by atoms with Gasteiger partial charge in [0.2, 0.25) is 11.8 Å². The summed E-state index contributed by atoms with van der Waals surface area (Å²) in [5.74, 6) is -0.888. The molecular formula is C37H38Cl3N3O4S. The van der Waals surface area contributed by atoms with Gasteiger partial charge in [-0.1, -0.05) is 120 Å². The maximum atomic E-state index is 14.7. The largest absolute Gasteiger partial charge is 0.352 e. The topological polar surface area (TPSA) is 86.8 Å². The molecule has 11 heteroatoms. The molecule has 1 atom stereocenters. The van der Waals surface area contributed by atoms with Gasteiger partial charge < -0.3 is 10.2 Å². The molecule has 2 amide bonds. The molecule has 0 saturated heterocycles. The van der Waals surface area contributed by atoms with E-state index in [2.05, 4.69) is 5.32 Å². The zero-order valence-corrected chi connectivity index (χ0v) is 29.7. The lowest BCUT2D eigenvalue weighted by molar-refractivity contribution is -0.140. The summed E-state index contributed by atoms with van der Waals surface area (Å²) in [4.78, 5) is 30.4. The lowest BCUT2D eigenvalue weighted by Gasteiger charge is -2.35. The molecule has 48 heavy (non-hydrogen) atoms. The van der Waals surface area contributed by atoms with Gasteiger partial charge in [-0.3, -0.25) is 13.9 Å². The van der Waals surface area contributed by atoms with E-state index < -0.39 is 28.5 Å². The predicted molar refractivity (Wildman–Crippen MR) is 193 cm³/mol. The van der Waals surface area contributed by atoms with E-state index in [1.807, 2.05) is 37.3 Å². The highest BCUT2D eigenvalue weighted by molar-refractivity contribution is 7.92. The van der Waals surface area contributed by atoms with Gasteiger partial charge in [-0.25, -0.2) is 8.42 Å². The van der Waals surface area contributed by atoms with Crippen LogP contribution < -0.4 is 9.62 Å². The van der Waals surface area contributed by atoms with Crippen LogP contribution >= 0.6 is 34.8 Å². The Kier molecular flexibility index (Phi) is 12.1. The third-order valence-electron chi connectivity index (χ3n) is 8.57. The van der Waals surface area contributed by atoms with Crippen LogP contribution in [0.3, 0.4) is 0 Å². The molecule has 5 rings (SSSR count). The first-order chi connectivity index (χ1) is 23.0. The number of sulfonamides is 1. The van der Waals surface area contributed by atoms with Crippen molar-refractivity contribution in [1.82, 2.24) is 10.2 Å². The van der Waals surface area contributed by atoms with E-state index in [1.165, 1.54) is 17.0 Å². The lowest BCUT2D eigenvalue weighted by atomic mass is 9.94. The number of aryl methyl sites for hydroxylation is 1. The molecule has 0 spiro atoms. The number of amides is 2. The number of rotatable bonds is 12. The van der Waals surface area contributed by atoms with Gasteiger partial charge in [0.05, 0.1) is 25.7 Å². The molecule has 7 nitrogen and oxygen atoms in total. The number of nitrogens with zero attached hydrogens (tertiary/aromatic N) is 2. The average molecular weight is 727 g/mol. The van der Waals surface area contributed by atoms with Crippen LogP contribution in [0.15, 0.2) is 102 Å². The first-order valence-electron chi connectivity index (χ1n) is 15.9. The fourth-order valence-electron chi connectivity index (χ4n) is 5.94. The van der Waals surface area contributed by atoms with E-state index >= 15 is 0 Å². The van der Waals surface area contributed by atoms with Crippen molar-refractivity contribution in [3.63, 3.8) is 0 Å². The maximum Gasteiger partial charge on any atom is 0.264 e. The normalized spacial score (nSPS) is 14.2. The number of hydrogen-bond donors (Lipinski definition) is 1. The smallest absolute Gasteiger partial charge is 0.264 e. The van der Waals surface area contributed by atoms with Crippen molar-refractivity contribution in [1.29, 1.82) is 0 Å². The number of halogens is 3. The summed E-state index contributed by atoms with van der Waals surface area (Å²) in [6, 6.07) is 26.4. The second-order valence-corrected chi connectivity index (χ2v) is 15.2. The van der Waals surface area contributed by atoms with Gasteiger partial charge in [-0.15, -0.1) is 0 Å². The Labute approximate surface area is 297 Å². The number of anilines is 1. The summed E-state index contributed by atoms with van der Waals surface area (Å²) in [7, 11) is -4.27. The van der Waals surface area contributed by atoms with Crippen molar-refractivity contribution in [2.24, 2.45) is 0 Å². The van der Waals surface area contributed by atoms with Crippen LogP contribution in [0.2, 0.25) is 15.1 Å². The zero-order chi connectivity index (χ0) is 34.3. The van der Waals surface area contributed by atoms with Gasteiger partial charge in [-0.05, 0) is 67.3 Å². The van der Waals surface area contributed by atoms with E-state index in [-0.39, 0.29) is 40.5 Å². The molecule has 0 heterocycles. The summed E-state index contributed by atoms with van der Waals surface area (Å²) in [6.45, 7) is 1.23. The standard InChI is InChI=1S/C37H38Cl3N3O4S/c1-26-16-19-30(20-17-26)48(46,47)43(34-15-9-8-14-32(34)39)25-36(44)42(24-28-18-21-31(38)33(40)22-28)35(23-27-10-4-2-5-11-27)37(45)41-29-12-6-3-7-13-29/h2,4-5,8-11,14-22,29,35H,3,6-7,12-13,23-25H2,1H3,(H,41,45)/t35-/m1/s1. The Balaban J connectivity index is 1.58. The number of benzene rings is 4. The molecule has 252 valence electrons. The van der Waals surface area contributed by atoms with Crippen LogP contribution in [-0.4, -0.2) is 43.8 Å². The highest BCUT2D eigenvalue weighted by atomic mass is 35.5. The molecule has 0 unspecified atom stereocenters. The Morgan fingerprint density at radius 2 is 1.46 bits per heavy atom. The molecule has 1 saturated carbocycles. The molecule has 0 aliphatic heterocycles. The third-order valence-corrected chi connectivity index (χ3v) is 11.4. The lowest BCUT2D eigenvalue weighted by Crippen LogP contribution is -2.55. The van der Waals surface area contributed by atoms with Crippen LogP contribution in [0.25, 0.3) is 0 Å². The average Bonchev–Trinajstić information content (AvgIpc) is 3.08. The Morgan fingerprint density at radius 1 is 0.792 bits per heavy atom. The highest BCUT2D eigenvalue weighted by Gasteiger charge is 2.36. The number of para-hydroxylation sites is 1. The maximum absolute atomic E-state index is 14.7. The van der Waals surface area contributed by atoms with Gasteiger partial charge in [0, 0.05) is 19.0 Å². The number of nitrogens with one attached hydrogen (secondary N) is 1. The SMILES string of the molecule is Cc1ccc(S(=O)(=O)N(CC(=O)N(Cc2ccc(Cl)c(Cl)c2)[C@H](Cc2ccccc2)C(=O)NC2CCCCC2)c2ccccc2Cl)cc1. The molecule has 0 radical (unpaired) electrons. The summed E-state index contributed by atoms with van der Waals surface area (Å²) >= 11 is 19.2. The minimum Gasteiger partial charge on any atom is -0.352 e. The van der Waals surface area contributed by atoms with Crippen LogP contribution in [0, 0.1) is 6.92 Å². The first-order valence-corrected chi connectivity index (χ1v) is 18.5. The Bertz CT molecular complexity index is 1830. The monoisotopic (exact) mass is 725 g/mol. The van der Waals surface area contributed by atoms with Crippen LogP contribution in [-0.2, 0) is 32.6 Å². The van der Waals surface area contributed by atoms with Gasteiger partial charge in [0.1, 0.15) is 12.6 Å². The molecule has 4 aromatic rings. The predicted octanol–water partition coefficient (Wildman–Crippen LogP) is 8.24. The molecule has 1 aliphatic carbocycles. The van der Waals surface area contributed by atoms with Crippen LogP contribution in [0.4, 0.5) is 5.69 Å². The Hall–Kier alpha value is -3.56. The minimum absolute atomic E-state index is 0.00649. The molecule has 1 aliphatic rings. The first kappa shape index (κ1) is 35.7. The molecule has 1 N–H and O–H groups in total. The van der Waals surface area contributed by atoms with Crippen molar-refractivity contribution in [3.8, 4) is 0 Å². The zero-order valence-electron chi connectivity index (χ0n) is 26.6. The van der Waals surface area contributed by atoms with Gasteiger partial charge in [-0.2, -0.15) is 0 Å². The molecule has 1 fully saturated rings. The molecule has 4 aromatic carbocycles. The summed E-state index contributed by atoms with van der Waals surface area (Å²) < 4.78 is 29.5. The van der Waals surface area contributed by atoms with E-state index in [9.17, 15) is 18.0 Å².